The molecule has 7 nitrogen and oxygen atoms in total. The molecule has 3 aromatic heterocycles. The molecule has 1 aliphatic rings. The van der Waals surface area contributed by atoms with Crippen molar-refractivity contribution < 1.29 is 4.42 Å². The second-order valence-corrected chi connectivity index (χ2v) is 8.09. The number of aromatic nitrogens is 4. The number of fused-ring (bicyclic) bond motifs is 1. The molecule has 1 aliphatic heterocycles. The van der Waals surface area contributed by atoms with Gasteiger partial charge in [0.2, 0.25) is 11.8 Å². The third kappa shape index (κ3) is 4.10. The summed E-state index contributed by atoms with van der Waals surface area (Å²) in [4.78, 5) is 9.50. The molecule has 1 fully saturated rings. The Morgan fingerprint density at radius 2 is 1.66 bits per heavy atom. The summed E-state index contributed by atoms with van der Waals surface area (Å²) in [5.74, 6) is 1.21. The second kappa shape index (κ2) is 8.06. The Kier molecular flexibility index (Phi) is 5.13. The molecule has 8 heteroatoms. The largest absolute Gasteiger partial charge is 0.419 e. The maximum absolute atomic E-state index is 5.89. The molecule has 0 aliphatic carbocycles. The third-order valence-corrected chi connectivity index (χ3v) is 5.89. The minimum absolute atomic E-state index is 0.554. The Hall–Kier alpha value is -2.55. The summed E-state index contributed by atoms with van der Waals surface area (Å²) in [5, 5.41) is 8.44. The highest BCUT2D eigenvalue weighted by molar-refractivity contribution is 9.10. The van der Waals surface area contributed by atoms with Gasteiger partial charge in [0.15, 0.2) is 0 Å². The van der Waals surface area contributed by atoms with Gasteiger partial charge in [-0.15, -0.1) is 10.2 Å². The average molecular weight is 453 g/mol. The maximum atomic E-state index is 5.89. The zero-order valence-electron chi connectivity index (χ0n) is 15.9. The Labute approximate surface area is 177 Å². The van der Waals surface area contributed by atoms with Crippen LogP contribution in [-0.4, -0.2) is 55.6 Å². The summed E-state index contributed by atoms with van der Waals surface area (Å²) in [5.41, 5.74) is 3.03. The van der Waals surface area contributed by atoms with Gasteiger partial charge in [0.25, 0.3) is 0 Å². The highest BCUT2D eigenvalue weighted by Crippen LogP contribution is 2.27. The second-order valence-electron chi connectivity index (χ2n) is 7.23. The van der Waals surface area contributed by atoms with Crippen LogP contribution in [0.4, 0.5) is 0 Å². The Bertz CT molecular complexity index is 1080. The number of halogens is 1. The summed E-state index contributed by atoms with van der Waals surface area (Å²) in [6.07, 6.45) is 4.15. The molecule has 5 rings (SSSR count). The van der Waals surface area contributed by atoms with Gasteiger partial charge >= 0.3 is 0 Å². The summed E-state index contributed by atoms with van der Waals surface area (Å²) in [6, 6.07) is 14.0. The van der Waals surface area contributed by atoms with Crippen molar-refractivity contribution in [3.63, 3.8) is 0 Å². The molecular weight excluding hydrogens is 432 g/mol. The number of hydrogen-bond donors (Lipinski definition) is 0. The van der Waals surface area contributed by atoms with E-state index in [9.17, 15) is 0 Å². The number of imidazole rings is 1. The molecule has 0 spiro atoms. The monoisotopic (exact) mass is 452 g/mol. The highest BCUT2D eigenvalue weighted by atomic mass is 79.9. The van der Waals surface area contributed by atoms with Crippen LogP contribution in [0.1, 0.15) is 11.6 Å². The lowest BCUT2D eigenvalue weighted by Gasteiger charge is -2.33. The quantitative estimate of drug-likeness (QED) is 0.461. The predicted octanol–water partition coefficient (Wildman–Crippen LogP) is 3.46. The number of nitrogens with zero attached hydrogens (tertiary/aromatic N) is 6. The van der Waals surface area contributed by atoms with Gasteiger partial charge < -0.3 is 8.82 Å². The lowest BCUT2D eigenvalue weighted by molar-refractivity contribution is 0.114. The molecule has 1 saturated heterocycles. The molecule has 0 saturated carbocycles. The first-order valence-corrected chi connectivity index (χ1v) is 10.5. The van der Waals surface area contributed by atoms with Crippen LogP contribution >= 0.6 is 15.9 Å². The van der Waals surface area contributed by atoms with E-state index in [1.807, 2.05) is 48.7 Å². The molecule has 1 aromatic carbocycles. The Morgan fingerprint density at radius 3 is 2.45 bits per heavy atom. The van der Waals surface area contributed by atoms with Crippen molar-refractivity contribution in [3.8, 4) is 11.5 Å². The summed E-state index contributed by atoms with van der Waals surface area (Å²) >= 11 is 3.54. The lowest BCUT2D eigenvalue weighted by atomic mass is 10.2. The smallest absolute Gasteiger partial charge is 0.248 e. The van der Waals surface area contributed by atoms with E-state index in [4.69, 9.17) is 9.40 Å². The van der Waals surface area contributed by atoms with Crippen LogP contribution < -0.4 is 0 Å². The summed E-state index contributed by atoms with van der Waals surface area (Å²) in [6.45, 7) is 5.50. The maximum Gasteiger partial charge on any atom is 0.248 e. The molecule has 0 atom stereocenters. The summed E-state index contributed by atoms with van der Waals surface area (Å²) < 4.78 is 8.92. The zero-order valence-corrected chi connectivity index (χ0v) is 17.5. The number of benzene rings is 1. The molecule has 0 unspecified atom stereocenters. The molecule has 4 heterocycles. The lowest BCUT2D eigenvalue weighted by Crippen LogP contribution is -2.45. The van der Waals surface area contributed by atoms with E-state index in [2.05, 4.69) is 46.5 Å². The van der Waals surface area contributed by atoms with Crippen LogP contribution in [0.2, 0.25) is 0 Å². The van der Waals surface area contributed by atoms with E-state index in [1.165, 1.54) is 0 Å². The molecular formula is C21H21BrN6O. The van der Waals surface area contributed by atoms with Crippen molar-refractivity contribution in [2.45, 2.75) is 13.1 Å². The Morgan fingerprint density at radius 1 is 0.897 bits per heavy atom. The van der Waals surface area contributed by atoms with Crippen LogP contribution in [0.25, 0.3) is 17.1 Å². The first-order valence-electron chi connectivity index (χ1n) is 9.69. The van der Waals surface area contributed by atoms with E-state index < -0.39 is 0 Å². The van der Waals surface area contributed by atoms with Crippen molar-refractivity contribution in [2.24, 2.45) is 0 Å². The molecule has 148 valence electrons. The number of piperazine rings is 1. The Balaban J connectivity index is 1.17. The SMILES string of the molecule is Brc1ccccc1-c1nnc(CN2CCN(Cc3cn4ccccc4n3)CC2)o1. The van der Waals surface area contributed by atoms with Crippen molar-refractivity contribution in [3.05, 3.63) is 70.9 Å². The third-order valence-electron chi connectivity index (χ3n) is 5.19. The van der Waals surface area contributed by atoms with Gasteiger partial charge in [0.05, 0.1) is 17.8 Å². The number of rotatable bonds is 5. The van der Waals surface area contributed by atoms with Gasteiger partial charge in [0, 0.05) is 49.6 Å². The number of pyridine rings is 1. The fourth-order valence-corrected chi connectivity index (χ4v) is 4.10. The van der Waals surface area contributed by atoms with Gasteiger partial charge in [-0.25, -0.2) is 4.98 Å². The molecule has 0 amide bonds. The van der Waals surface area contributed by atoms with Crippen molar-refractivity contribution in [1.29, 1.82) is 0 Å². The molecule has 0 radical (unpaired) electrons. The standard InChI is InChI=1S/C21H21BrN6O/c22-18-6-2-1-5-17(18)21-25-24-20(29-21)15-27-11-9-26(10-12-27)13-16-14-28-8-4-3-7-19(28)23-16/h1-8,14H,9-13,15H2. The van der Waals surface area contributed by atoms with Gasteiger partial charge in [-0.3, -0.25) is 9.80 Å². The van der Waals surface area contributed by atoms with Gasteiger partial charge in [-0.05, 0) is 40.2 Å². The van der Waals surface area contributed by atoms with E-state index in [0.29, 0.717) is 18.3 Å². The van der Waals surface area contributed by atoms with Crippen molar-refractivity contribution in [1.82, 2.24) is 29.4 Å². The van der Waals surface area contributed by atoms with Crippen molar-refractivity contribution in [2.75, 3.05) is 26.2 Å². The van der Waals surface area contributed by atoms with Crippen LogP contribution in [0.3, 0.4) is 0 Å². The zero-order chi connectivity index (χ0) is 19.6. The molecule has 0 N–H and O–H groups in total. The minimum atomic E-state index is 0.554. The summed E-state index contributed by atoms with van der Waals surface area (Å²) in [7, 11) is 0. The van der Waals surface area contributed by atoms with Gasteiger partial charge in [-0.1, -0.05) is 18.2 Å². The van der Waals surface area contributed by atoms with Crippen LogP contribution in [0.15, 0.2) is 63.7 Å². The normalized spacial score (nSPS) is 15.9. The number of hydrogen-bond acceptors (Lipinski definition) is 6. The first-order chi connectivity index (χ1) is 14.2. The molecule has 0 bridgehead atoms. The fraction of sp³-hybridized carbons (Fsp3) is 0.286. The predicted molar refractivity (Wildman–Crippen MR) is 113 cm³/mol. The van der Waals surface area contributed by atoms with Gasteiger partial charge in [0.1, 0.15) is 5.65 Å². The topological polar surface area (TPSA) is 62.7 Å². The van der Waals surface area contributed by atoms with E-state index in [1.54, 1.807) is 0 Å². The molecule has 29 heavy (non-hydrogen) atoms. The fourth-order valence-electron chi connectivity index (χ4n) is 3.65. The molecule has 4 aromatic rings. The van der Waals surface area contributed by atoms with Crippen LogP contribution in [0, 0.1) is 0 Å². The average Bonchev–Trinajstić information content (AvgIpc) is 3.36. The van der Waals surface area contributed by atoms with Gasteiger partial charge in [-0.2, -0.15) is 0 Å². The van der Waals surface area contributed by atoms with E-state index >= 15 is 0 Å². The van der Waals surface area contributed by atoms with E-state index in [0.717, 1.165) is 54.1 Å². The van der Waals surface area contributed by atoms with Crippen LogP contribution in [-0.2, 0) is 13.1 Å². The highest BCUT2D eigenvalue weighted by Gasteiger charge is 2.20. The first kappa shape index (κ1) is 18.5. The minimum Gasteiger partial charge on any atom is -0.419 e. The van der Waals surface area contributed by atoms with Crippen LogP contribution in [0.5, 0.6) is 0 Å². The van der Waals surface area contributed by atoms with E-state index in [-0.39, 0.29) is 0 Å². The van der Waals surface area contributed by atoms with Crippen molar-refractivity contribution >= 4 is 21.6 Å².